The molecule has 2 fully saturated rings. The molecule has 1 saturated heterocycles. The van der Waals surface area contributed by atoms with Gasteiger partial charge in [0, 0.05) is 30.5 Å². The lowest BCUT2D eigenvalue weighted by Gasteiger charge is -2.34. The molecule has 2 aliphatic heterocycles. The van der Waals surface area contributed by atoms with Crippen molar-refractivity contribution in [3.05, 3.63) is 66.1 Å². The largest absolute Gasteiger partial charge is 0.464 e. The number of piperidine rings is 1. The van der Waals surface area contributed by atoms with Crippen LogP contribution in [0.1, 0.15) is 81.6 Å². The van der Waals surface area contributed by atoms with E-state index in [-0.39, 0.29) is 6.04 Å². The summed E-state index contributed by atoms with van der Waals surface area (Å²) in [4.78, 5) is 2.64. The Balaban J connectivity index is 1.18. The molecule has 7 nitrogen and oxygen atoms in total. The van der Waals surface area contributed by atoms with Gasteiger partial charge in [-0.15, -0.1) is 10.2 Å². The fraction of sp³-hybridized carbons (Fsp3) is 0.500. The fourth-order valence-corrected chi connectivity index (χ4v) is 5.95. The minimum Gasteiger partial charge on any atom is -0.464 e. The van der Waals surface area contributed by atoms with Crippen LogP contribution in [0.3, 0.4) is 0 Å². The minimum absolute atomic E-state index is 0.0724. The number of benzene rings is 1. The molecule has 0 amide bonds. The number of allylic oxidation sites excluding steroid dienone is 3. The number of aromatic nitrogens is 2. The van der Waals surface area contributed by atoms with Crippen molar-refractivity contribution >= 4 is 22.3 Å². The number of nitrogens with zero attached hydrogens (tertiary/aromatic N) is 4. The van der Waals surface area contributed by atoms with Crippen molar-refractivity contribution in [1.29, 1.82) is 0 Å². The molecule has 1 saturated carbocycles. The van der Waals surface area contributed by atoms with Crippen LogP contribution in [0.2, 0.25) is 0 Å². The molecule has 0 spiro atoms. The van der Waals surface area contributed by atoms with Crippen molar-refractivity contribution in [3.8, 4) is 0 Å². The van der Waals surface area contributed by atoms with Gasteiger partial charge in [-0.05, 0) is 74.9 Å². The third-order valence-corrected chi connectivity index (χ3v) is 8.05. The summed E-state index contributed by atoms with van der Waals surface area (Å²) in [7, 11) is 0. The topological polar surface area (TPSA) is 79.7 Å². The maximum atomic E-state index is 6.32. The highest BCUT2D eigenvalue weighted by Gasteiger charge is 2.28. The highest BCUT2D eigenvalue weighted by Crippen LogP contribution is 2.31. The molecule has 4 heterocycles. The van der Waals surface area contributed by atoms with Gasteiger partial charge in [-0.3, -0.25) is 0 Å². The Kier molecular flexibility index (Phi) is 7.22. The molecule has 0 radical (unpaired) electrons. The number of nitrogens with one attached hydrogen (secondary N) is 1. The van der Waals surface area contributed by atoms with Gasteiger partial charge in [0.1, 0.15) is 5.58 Å². The second-order valence-electron chi connectivity index (χ2n) is 10.9. The third-order valence-electron chi connectivity index (χ3n) is 8.05. The van der Waals surface area contributed by atoms with Crippen molar-refractivity contribution in [2.24, 2.45) is 11.0 Å². The first-order valence-electron chi connectivity index (χ1n) is 14.0. The molecule has 1 N–H and O–H groups in total. The Morgan fingerprint density at radius 1 is 1.05 bits per heavy atom. The van der Waals surface area contributed by atoms with E-state index in [0.717, 1.165) is 52.6 Å². The summed E-state index contributed by atoms with van der Waals surface area (Å²) >= 11 is 0. The van der Waals surface area contributed by atoms with Crippen LogP contribution in [0.5, 0.6) is 0 Å². The minimum atomic E-state index is 0.0724. The molecule has 2 aromatic heterocycles. The second-order valence-corrected chi connectivity index (χ2v) is 10.9. The van der Waals surface area contributed by atoms with E-state index in [2.05, 4.69) is 57.8 Å². The zero-order valence-electron chi connectivity index (χ0n) is 21.7. The molecule has 6 rings (SSSR count). The highest BCUT2D eigenvalue weighted by molar-refractivity contribution is 6.04. The number of hydrazone groups is 1. The Morgan fingerprint density at radius 2 is 1.97 bits per heavy atom. The monoisotopic (exact) mass is 499 g/mol. The number of hydrogen-bond acceptors (Lipinski definition) is 7. The predicted octanol–water partition coefficient (Wildman–Crippen LogP) is 6.30. The van der Waals surface area contributed by atoms with Crippen molar-refractivity contribution in [1.82, 2.24) is 20.5 Å². The van der Waals surface area contributed by atoms with Gasteiger partial charge in [0.15, 0.2) is 0 Å². The predicted molar refractivity (Wildman–Crippen MR) is 146 cm³/mol. The summed E-state index contributed by atoms with van der Waals surface area (Å²) in [6.45, 7) is 5.53. The average molecular weight is 500 g/mol. The number of fused-ring (bicyclic) bond motifs is 1. The van der Waals surface area contributed by atoms with E-state index in [1.54, 1.807) is 6.26 Å². The number of hydrogen-bond donors (Lipinski definition) is 1. The molecular weight excluding hydrogens is 462 g/mol. The molecule has 1 aromatic carbocycles. The smallest absolute Gasteiger partial charge is 0.247 e. The lowest BCUT2D eigenvalue weighted by Crippen LogP contribution is -2.38. The summed E-state index contributed by atoms with van der Waals surface area (Å²) in [6, 6.07) is 8.23. The van der Waals surface area contributed by atoms with Gasteiger partial charge in [0.25, 0.3) is 0 Å². The van der Waals surface area contributed by atoms with Gasteiger partial charge in [-0.25, -0.2) is 0 Å². The van der Waals surface area contributed by atoms with Crippen molar-refractivity contribution in [2.75, 3.05) is 19.6 Å². The van der Waals surface area contributed by atoms with Gasteiger partial charge in [-0.2, -0.15) is 5.10 Å². The van der Waals surface area contributed by atoms with E-state index in [0.29, 0.717) is 18.2 Å². The Morgan fingerprint density at radius 3 is 2.89 bits per heavy atom. The van der Waals surface area contributed by atoms with E-state index < -0.39 is 0 Å². The van der Waals surface area contributed by atoms with Crippen LogP contribution < -0.4 is 5.43 Å². The summed E-state index contributed by atoms with van der Waals surface area (Å²) in [6.07, 6.45) is 18.0. The quantitative estimate of drug-likeness (QED) is 0.444. The van der Waals surface area contributed by atoms with E-state index in [1.165, 1.54) is 51.6 Å². The van der Waals surface area contributed by atoms with Crippen LogP contribution in [0.25, 0.3) is 16.5 Å². The van der Waals surface area contributed by atoms with Gasteiger partial charge >= 0.3 is 0 Å². The third kappa shape index (κ3) is 5.72. The Hall–Kier alpha value is -3.19. The van der Waals surface area contributed by atoms with Crippen LogP contribution >= 0.6 is 0 Å². The lowest BCUT2D eigenvalue weighted by molar-refractivity contribution is 0.151. The Bertz CT molecular complexity index is 1300. The standard InChI is InChI=1S/C30H37N5O2/c1-21-9-10-23(11-13-27(32-31-21)24-12-14-28-25(18-24)15-17-36-28)29-33-34-30(37-29)26-8-5-16-35(20-26)19-22-6-3-2-4-7-22/h9-12,14-15,17-18,21-22,26,31H,2-8,13,16,19-20H2,1H3/b10-9-,23-11+,32-27+/t21?,26-/m1/s1. The summed E-state index contributed by atoms with van der Waals surface area (Å²) in [5, 5.41) is 14.8. The average Bonchev–Trinajstić information content (AvgIpc) is 3.61. The van der Waals surface area contributed by atoms with Crippen LogP contribution in [0.4, 0.5) is 0 Å². The van der Waals surface area contributed by atoms with Gasteiger partial charge in [0.2, 0.25) is 11.8 Å². The van der Waals surface area contributed by atoms with E-state index in [4.69, 9.17) is 13.9 Å². The summed E-state index contributed by atoms with van der Waals surface area (Å²) < 4.78 is 11.8. The first-order chi connectivity index (χ1) is 18.2. The van der Waals surface area contributed by atoms with Crippen LogP contribution in [0, 0.1) is 5.92 Å². The molecule has 7 heteroatoms. The van der Waals surface area contributed by atoms with E-state index >= 15 is 0 Å². The van der Waals surface area contributed by atoms with Crippen LogP contribution in [-0.4, -0.2) is 46.5 Å². The molecular formula is C30H37N5O2. The molecule has 3 aromatic rings. The van der Waals surface area contributed by atoms with Crippen molar-refractivity contribution in [2.45, 2.75) is 70.3 Å². The molecule has 1 aliphatic carbocycles. The van der Waals surface area contributed by atoms with Gasteiger partial charge in [0.05, 0.1) is 23.9 Å². The van der Waals surface area contributed by atoms with Gasteiger partial charge in [-0.1, -0.05) is 37.5 Å². The molecule has 194 valence electrons. The van der Waals surface area contributed by atoms with Crippen LogP contribution in [0.15, 0.2) is 62.7 Å². The zero-order chi connectivity index (χ0) is 25.0. The van der Waals surface area contributed by atoms with Crippen molar-refractivity contribution < 1.29 is 8.83 Å². The molecule has 0 bridgehead atoms. The molecule has 37 heavy (non-hydrogen) atoms. The normalized spacial score (nSPS) is 27.8. The second kappa shape index (κ2) is 11.1. The van der Waals surface area contributed by atoms with E-state index in [9.17, 15) is 0 Å². The summed E-state index contributed by atoms with van der Waals surface area (Å²) in [5.41, 5.74) is 7.11. The lowest BCUT2D eigenvalue weighted by atomic mass is 9.88. The molecule has 2 atom stereocenters. The number of likely N-dealkylation sites (tertiary alicyclic amines) is 1. The first-order valence-corrected chi connectivity index (χ1v) is 14.0. The maximum absolute atomic E-state index is 6.32. The Labute approximate surface area is 218 Å². The molecule has 1 unspecified atom stereocenters. The first kappa shape index (κ1) is 24.2. The zero-order valence-corrected chi connectivity index (χ0v) is 21.7. The van der Waals surface area contributed by atoms with Crippen LogP contribution in [-0.2, 0) is 0 Å². The maximum Gasteiger partial charge on any atom is 0.247 e. The van der Waals surface area contributed by atoms with Crippen molar-refractivity contribution in [3.63, 3.8) is 0 Å². The summed E-state index contributed by atoms with van der Waals surface area (Å²) in [5.74, 6) is 2.55. The highest BCUT2D eigenvalue weighted by atomic mass is 16.4. The van der Waals surface area contributed by atoms with E-state index in [1.807, 2.05) is 12.1 Å². The number of furan rings is 1. The number of rotatable bonds is 5. The van der Waals surface area contributed by atoms with Gasteiger partial charge < -0.3 is 19.2 Å². The molecule has 3 aliphatic rings. The SMILES string of the molecule is CC1/C=C\C(c2nnc([C@@H]3CCCN(CC4CCCCC4)C3)o2)=C/C/C(c2ccc3occc3c2)=N\N1. The fourth-order valence-electron chi connectivity index (χ4n) is 5.95.